The van der Waals surface area contributed by atoms with Gasteiger partial charge in [-0.1, -0.05) is 129 Å². The van der Waals surface area contributed by atoms with E-state index in [4.69, 9.17) is 15.0 Å². The maximum atomic E-state index is 10.1. The fourth-order valence-electron chi connectivity index (χ4n) is 12.5. The number of hydrogen-bond acceptors (Lipinski definition) is 4. The molecule has 6 aliphatic rings. The van der Waals surface area contributed by atoms with Crippen LogP contribution >= 0.6 is 0 Å². The highest BCUT2D eigenvalue weighted by Gasteiger charge is 2.61. The normalized spacial score (nSPS) is 23.8. The summed E-state index contributed by atoms with van der Waals surface area (Å²) in [5.74, 6) is 5.02. The van der Waals surface area contributed by atoms with Gasteiger partial charge in [0.25, 0.3) is 0 Å². The summed E-state index contributed by atoms with van der Waals surface area (Å²) in [5.41, 5.74) is 16.9. The number of nitriles is 1. The minimum Gasteiger partial charge on any atom is -0.208 e. The van der Waals surface area contributed by atoms with E-state index in [0.717, 1.165) is 34.1 Å². The zero-order valence-corrected chi connectivity index (χ0v) is 32.3. The molecule has 0 aliphatic heterocycles. The van der Waals surface area contributed by atoms with E-state index in [1.54, 1.807) is 0 Å². The van der Waals surface area contributed by atoms with Gasteiger partial charge in [0.2, 0.25) is 0 Å². The van der Waals surface area contributed by atoms with Crippen molar-refractivity contribution in [2.24, 2.45) is 23.7 Å². The van der Waals surface area contributed by atoms with E-state index in [1.807, 2.05) is 24.3 Å². The van der Waals surface area contributed by atoms with Gasteiger partial charge in [-0.3, -0.25) is 0 Å². The van der Waals surface area contributed by atoms with Gasteiger partial charge >= 0.3 is 0 Å². The molecule has 4 heteroatoms. The van der Waals surface area contributed by atoms with E-state index in [2.05, 4.69) is 129 Å². The molecule has 13 rings (SSSR count). The first-order valence-electron chi connectivity index (χ1n) is 20.8. The molecule has 1 heterocycles. The van der Waals surface area contributed by atoms with Gasteiger partial charge in [-0.25, -0.2) is 15.0 Å². The van der Waals surface area contributed by atoms with E-state index < -0.39 is 0 Å². The largest absolute Gasteiger partial charge is 0.208 e. The summed E-state index contributed by atoms with van der Waals surface area (Å²) in [6.07, 6.45) is 6.69. The number of aromatic nitrogens is 3. The average Bonchev–Trinajstić information content (AvgIpc) is 3.67. The molecule has 0 unspecified atom stereocenters. The lowest BCUT2D eigenvalue weighted by Gasteiger charge is -2.61. The highest BCUT2D eigenvalue weighted by atomic mass is 15.0. The second kappa shape index (κ2) is 11.9. The minimum absolute atomic E-state index is 0.00553. The van der Waals surface area contributed by atoms with Gasteiger partial charge < -0.3 is 0 Å². The van der Waals surface area contributed by atoms with Crippen LogP contribution in [0.4, 0.5) is 0 Å². The Balaban J connectivity index is 0.968. The Kier molecular flexibility index (Phi) is 6.90. The molecular weight excluding hydrogens is 693 g/mol. The number of hydrogen-bond donors (Lipinski definition) is 0. The van der Waals surface area contributed by atoms with Gasteiger partial charge in [0.15, 0.2) is 17.5 Å². The molecular formula is C53H42N4. The molecule has 4 saturated carbocycles. The number of rotatable bonds is 4. The molecule has 0 amide bonds. The molecule has 0 atom stereocenters. The van der Waals surface area contributed by atoms with Crippen molar-refractivity contribution < 1.29 is 0 Å². The van der Waals surface area contributed by atoms with Crippen LogP contribution < -0.4 is 0 Å². The molecule has 7 aromatic rings. The second-order valence-electron chi connectivity index (χ2n) is 18.0. The Bertz CT molecular complexity index is 2820. The first-order valence-corrected chi connectivity index (χ1v) is 20.8. The highest BCUT2D eigenvalue weighted by molar-refractivity contribution is 5.94. The van der Waals surface area contributed by atoms with Crippen molar-refractivity contribution in [3.63, 3.8) is 0 Å². The summed E-state index contributed by atoms with van der Waals surface area (Å²) in [5, 5.41) is 10.1. The van der Waals surface area contributed by atoms with E-state index in [9.17, 15) is 5.26 Å². The molecule has 4 bridgehead atoms. The van der Waals surface area contributed by atoms with Crippen molar-refractivity contribution in [1.29, 1.82) is 5.26 Å². The fourth-order valence-corrected chi connectivity index (χ4v) is 12.5. The fraction of sp³-hybridized carbons (Fsp3) is 0.245. The molecule has 0 N–H and O–H groups in total. The minimum atomic E-state index is -0.123. The molecule has 0 radical (unpaired) electrons. The van der Waals surface area contributed by atoms with Gasteiger partial charge in [-0.05, 0) is 130 Å². The van der Waals surface area contributed by atoms with Crippen molar-refractivity contribution in [3.05, 3.63) is 161 Å². The van der Waals surface area contributed by atoms with Crippen LogP contribution in [0.2, 0.25) is 0 Å². The van der Waals surface area contributed by atoms with Crippen LogP contribution in [-0.4, -0.2) is 15.0 Å². The zero-order chi connectivity index (χ0) is 38.0. The maximum absolute atomic E-state index is 10.1. The van der Waals surface area contributed by atoms with E-state index in [0.29, 0.717) is 29.3 Å². The van der Waals surface area contributed by atoms with Crippen molar-refractivity contribution in [2.45, 2.75) is 56.8 Å². The van der Waals surface area contributed by atoms with Gasteiger partial charge in [-0.15, -0.1) is 0 Å². The van der Waals surface area contributed by atoms with Crippen LogP contribution in [0.25, 0.3) is 67.5 Å². The maximum Gasteiger partial charge on any atom is 0.164 e. The first kappa shape index (κ1) is 33.0. The summed E-state index contributed by atoms with van der Waals surface area (Å²) in [4.78, 5) is 15.4. The van der Waals surface area contributed by atoms with Crippen LogP contribution in [0.1, 0.15) is 73.8 Å². The van der Waals surface area contributed by atoms with Crippen LogP contribution in [0.3, 0.4) is 0 Å². The van der Waals surface area contributed by atoms with Crippen LogP contribution in [0.5, 0.6) is 0 Å². The van der Waals surface area contributed by atoms with Crippen LogP contribution in [0.15, 0.2) is 133 Å². The third-order valence-corrected chi connectivity index (χ3v) is 14.8. The Morgan fingerprint density at radius 2 is 1.04 bits per heavy atom. The summed E-state index contributed by atoms with van der Waals surface area (Å²) >= 11 is 0. The number of fused-ring (bicyclic) bond motifs is 6. The Labute approximate surface area is 334 Å². The van der Waals surface area contributed by atoms with Crippen LogP contribution in [0, 0.1) is 35.0 Å². The van der Waals surface area contributed by atoms with Crippen molar-refractivity contribution >= 4 is 0 Å². The van der Waals surface area contributed by atoms with Gasteiger partial charge in [0.1, 0.15) is 0 Å². The smallest absolute Gasteiger partial charge is 0.164 e. The second-order valence-corrected chi connectivity index (χ2v) is 18.0. The Hall–Kier alpha value is -6.18. The Morgan fingerprint density at radius 1 is 0.474 bits per heavy atom. The van der Waals surface area contributed by atoms with Gasteiger partial charge in [0.05, 0.1) is 11.6 Å². The van der Waals surface area contributed by atoms with E-state index >= 15 is 0 Å². The van der Waals surface area contributed by atoms with Crippen LogP contribution in [-0.2, 0) is 10.8 Å². The van der Waals surface area contributed by atoms with Gasteiger partial charge in [-0.2, -0.15) is 5.26 Å². The lowest BCUT2D eigenvalue weighted by atomic mass is 9.43. The molecule has 6 aliphatic carbocycles. The lowest BCUT2D eigenvalue weighted by molar-refractivity contribution is -0.0399. The van der Waals surface area contributed by atoms with E-state index in [-0.39, 0.29) is 10.8 Å². The summed E-state index contributed by atoms with van der Waals surface area (Å²) in [7, 11) is 0. The average molecular weight is 735 g/mol. The molecule has 57 heavy (non-hydrogen) atoms. The molecule has 1 aromatic heterocycles. The Morgan fingerprint density at radius 3 is 1.75 bits per heavy atom. The number of nitrogens with zero attached hydrogens (tertiary/aromatic N) is 4. The topological polar surface area (TPSA) is 62.5 Å². The van der Waals surface area contributed by atoms with Gasteiger partial charge in [0, 0.05) is 27.5 Å². The number of benzene rings is 6. The first-order chi connectivity index (χ1) is 27.9. The predicted octanol–water partition coefficient (Wildman–Crippen LogP) is 12.4. The zero-order valence-electron chi connectivity index (χ0n) is 32.3. The molecule has 0 saturated heterocycles. The molecule has 4 nitrogen and oxygen atoms in total. The van der Waals surface area contributed by atoms with Crippen molar-refractivity contribution in [1.82, 2.24) is 15.0 Å². The lowest BCUT2D eigenvalue weighted by Crippen LogP contribution is -2.55. The standard InChI is InChI=1S/C53H42N4/c1-52(2)44-13-7-6-11-41(44)42-22-20-37(29-46(42)52)51-56-49(35-9-4-3-5-10-35)55-50(57-51)36-18-16-34(17-19-36)40-12-8-14-45-48(40)43-21-15-31(30-54)28-47(43)53(45)38-24-32-23-33(26-38)27-39(53)25-32/h3-22,28-29,32-33,38-39H,23-27H2,1-2H3. The summed E-state index contributed by atoms with van der Waals surface area (Å²) in [6.45, 7) is 4.62. The van der Waals surface area contributed by atoms with Crippen molar-refractivity contribution in [3.8, 4) is 73.6 Å². The quantitative estimate of drug-likeness (QED) is 0.181. The SMILES string of the molecule is CC1(C)c2ccccc2-c2ccc(-c3nc(-c4ccccc4)nc(-c4ccc(-c5cccc6c5-c5ccc(C#N)cc5C65C6CC7CC(C6)CC5C7)cc4)n3)cc21. The highest BCUT2D eigenvalue weighted by Crippen LogP contribution is 2.70. The third kappa shape index (κ3) is 4.63. The monoisotopic (exact) mass is 734 g/mol. The third-order valence-electron chi connectivity index (χ3n) is 14.8. The molecule has 6 aromatic carbocycles. The van der Waals surface area contributed by atoms with E-state index in [1.165, 1.54) is 87.7 Å². The summed E-state index contributed by atoms with van der Waals surface area (Å²) < 4.78 is 0. The molecule has 4 fully saturated rings. The summed E-state index contributed by atoms with van der Waals surface area (Å²) in [6, 6.07) is 50.6. The molecule has 274 valence electrons. The van der Waals surface area contributed by atoms with Crippen molar-refractivity contribution in [2.75, 3.05) is 0 Å². The predicted molar refractivity (Wildman–Crippen MR) is 227 cm³/mol. The molecule has 1 spiro atoms.